The van der Waals surface area contributed by atoms with Crippen LogP contribution in [0.15, 0.2) is 42.9 Å². The summed E-state index contributed by atoms with van der Waals surface area (Å²) in [6.45, 7) is -0.363. The number of hydrogen-bond donors (Lipinski definition) is 2. The summed E-state index contributed by atoms with van der Waals surface area (Å²) in [4.78, 5) is 26.4. The van der Waals surface area contributed by atoms with Gasteiger partial charge >= 0.3 is 0 Å². The zero-order valence-corrected chi connectivity index (χ0v) is 19.9. The third-order valence-corrected chi connectivity index (χ3v) is 7.06. The van der Waals surface area contributed by atoms with Crippen LogP contribution in [0.2, 0.25) is 5.02 Å². The van der Waals surface area contributed by atoms with Gasteiger partial charge in [0.2, 0.25) is 11.9 Å². The number of rotatable bonds is 5. The van der Waals surface area contributed by atoms with Gasteiger partial charge in [0.1, 0.15) is 12.2 Å². The van der Waals surface area contributed by atoms with Crippen molar-refractivity contribution in [2.75, 3.05) is 0 Å². The molecule has 0 spiro atoms. The third kappa shape index (κ3) is 3.98. The van der Waals surface area contributed by atoms with Crippen LogP contribution in [0.4, 0.5) is 8.78 Å². The number of aromatic amines is 1. The van der Waals surface area contributed by atoms with Crippen molar-refractivity contribution in [2.24, 2.45) is 0 Å². The van der Waals surface area contributed by atoms with Gasteiger partial charge in [0.05, 0.1) is 46.5 Å². The molecule has 0 aliphatic carbocycles. The van der Waals surface area contributed by atoms with Crippen LogP contribution in [-0.2, 0) is 11.4 Å². The minimum atomic E-state index is -0.727. The van der Waals surface area contributed by atoms with Gasteiger partial charge in [0, 0.05) is 17.7 Å². The number of aliphatic hydroxyl groups excluding tert-OH is 1. The van der Waals surface area contributed by atoms with Crippen LogP contribution in [-0.4, -0.2) is 57.1 Å². The minimum Gasteiger partial charge on any atom is -0.390 e. The number of tetrazole rings is 1. The molecule has 2 aliphatic heterocycles. The minimum absolute atomic E-state index is 0.0660. The first-order chi connectivity index (χ1) is 17.9. The van der Waals surface area contributed by atoms with E-state index in [0.29, 0.717) is 42.0 Å². The highest BCUT2D eigenvalue weighted by atomic mass is 35.5. The van der Waals surface area contributed by atoms with Gasteiger partial charge < -0.3 is 15.0 Å². The summed E-state index contributed by atoms with van der Waals surface area (Å²) in [5.74, 6) is -1.13. The summed E-state index contributed by atoms with van der Waals surface area (Å²) in [5.41, 5.74) is 1.93. The van der Waals surface area contributed by atoms with Gasteiger partial charge in [-0.05, 0) is 59.5 Å². The van der Waals surface area contributed by atoms with E-state index in [9.17, 15) is 9.18 Å². The zero-order valence-electron chi connectivity index (χ0n) is 19.1. The number of benzene rings is 1. The molecule has 1 amide bonds. The van der Waals surface area contributed by atoms with Gasteiger partial charge in [-0.15, -0.1) is 5.10 Å². The van der Waals surface area contributed by atoms with Crippen LogP contribution in [0.5, 0.6) is 0 Å². The maximum absolute atomic E-state index is 15.3. The van der Waals surface area contributed by atoms with Crippen molar-refractivity contribution in [3.8, 4) is 16.9 Å². The number of aliphatic hydroxyl groups is 1. The van der Waals surface area contributed by atoms with Crippen molar-refractivity contribution in [2.45, 2.75) is 38.0 Å². The zero-order chi connectivity index (χ0) is 25.7. The summed E-state index contributed by atoms with van der Waals surface area (Å²) in [6.07, 6.45) is 5.97. The van der Waals surface area contributed by atoms with E-state index in [2.05, 4.69) is 30.5 Å². The highest BCUT2D eigenvalue weighted by Gasteiger charge is 2.42. The molecule has 2 N–H and O–H groups in total. The topological polar surface area (TPSA) is 126 Å². The maximum Gasteiger partial charge on any atom is 0.247 e. The number of nitrogens with one attached hydrogen (secondary N) is 1. The molecule has 37 heavy (non-hydrogen) atoms. The Hall–Kier alpha value is -4.03. The number of hydrogen-bond acceptors (Lipinski definition) is 7. The highest BCUT2D eigenvalue weighted by Crippen LogP contribution is 2.44. The Balaban J connectivity index is 1.31. The Morgan fingerprint density at radius 2 is 2.05 bits per heavy atom. The van der Waals surface area contributed by atoms with Gasteiger partial charge in [-0.3, -0.25) is 4.79 Å². The van der Waals surface area contributed by atoms with E-state index in [1.807, 2.05) is 0 Å². The molecule has 4 aromatic rings. The quantitative estimate of drug-likeness (QED) is 0.383. The fourth-order valence-corrected chi connectivity index (χ4v) is 5.27. The molecule has 3 aromatic heterocycles. The van der Waals surface area contributed by atoms with Crippen LogP contribution in [0.3, 0.4) is 0 Å². The van der Waals surface area contributed by atoms with Gasteiger partial charge in [-0.1, -0.05) is 11.6 Å². The predicted octanol–water partition coefficient (Wildman–Crippen LogP) is 3.39. The number of aromatic nitrogens is 7. The number of carbonyl (C=O) groups excluding carboxylic acids is 1. The number of H-pyrrole nitrogens is 1. The first-order valence-electron chi connectivity index (χ1n) is 11.5. The van der Waals surface area contributed by atoms with Crippen LogP contribution in [0, 0.1) is 11.8 Å². The Kier molecular flexibility index (Phi) is 5.76. The molecule has 5 heterocycles. The van der Waals surface area contributed by atoms with Gasteiger partial charge in [-0.25, -0.2) is 14.4 Å². The number of pyridine rings is 1. The van der Waals surface area contributed by atoms with E-state index < -0.39 is 11.8 Å². The van der Waals surface area contributed by atoms with Crippen LogP contribution in [0.25, 0.3) is 22.5 Å². The monoisotopic (exact) mass is 524 g/mol. The molecule has 2 aliphatic rings. The molecule has 1 aromatic carbocycles. The molecule has 0 saturated carbocycles. The smallest absolute Gasteiger partial charge is 0.247 e. The second-order valence-electron chi connectivity index (χ2n) is 8.86. The molecule has 188 valence electrons. The normalized spacial score (nSPS) is 19.3. The van der Waals surface area contributed by atoms with Crippen molar-refractivity contribution >= 4 is 23.1 Å². The van der Waals surface area contributed by atoms with E-state index in [0.717, 1.165) is 0 Å². The first-order valence-corrected chi connectivity index (χ1v) is 11.9. The number of carbonyl (C=O) groups is 1. The molecule has 6 rings (SSSR count). The molecule has 1 saturated heterocycles. The molecule has 2 atom stereocenters. The lowest BCUT2D eigenvalue weighted by Gasteiger charge is -2.33. The SMILES string of the molecule is O=C1C=C(c2c(-n3cnnn3)ccc(Cl)c2F)C[C@H]2CC[C@@H](c3ncc(-c4ccc(CO)nc4F)[nH]3)N12. The maximum atomic E-state index is 15.3. The number of fused-ring (bicyclic) bond motifs is 1. The standard InChI is InChI=1S/C24H19ClF2N8O2/c25-16-4-6-18(34-11-29-32-33-34)21(22(16)26)12-7-14-2-5-19(35(14)20(37)8-12)24-28-9-17(31-24)15-3-1-13(10-36)30-23(15)27/h1,3-4,6,8-9,11,14,19,36H,2,5,7,10H2,(H,28,31)/t14-,19+/m1/s1. The Bertz CT molecular complexity index is 1540. The Morgan fingerprint density at radius 3 is 2.81 bits per heavy atom. The molecule has 10 nitrogen and oxygen atoms in total. The van der Waals surface area contributed by atoms with E-state index in [1.54, 1.807) is 11.0 Å². The molecule has 0 radical (unpaired) electrons. The molecule has 0 bridgehead atoms. The summed E-state index contributed by atoms with van der Waals surface area (Å²) in [6, 6.07) is 5.55. The van der Waals surface area contributed by atoms with Gasteiger partial charge in [-0.2, -0.15) is 9.07 Å². The van der Waals surface area contributed by atoms with Crippen LogP contribution >= 0.6 is 11.6 Å². The summed E-state index contributed by atoms with van der Waals surface area (Å²) >= 11 is 6.08. The lowest BCUT2D eigenvalue weighted by atomic mass is 9.92. The Labute approximate surface area is 213 Å². The van der Waals surface area contributed by atoms with Crippen LogP contribution < -0.4 is 0 Å². The summed E-state index contributed by atoms with van der Waals surface area (Å²) in [5, 5.41) is 20.2. The van der Waals surface area contributed by atoms with E-state index >= 15 is 4.39 Å². The van der Waals surface area contributed by atoms with Crippen molar-refractivity contribution in [1.82, 2.24) is 40.1 Å². The van der Waals surface area contributed by atoms with Crippen molar-refractivity contribution in [3.05, 3.63) is 76.7 Å². The van der Waals surface area contributed by atoms with Crippen molar-refractivity contribution < 1.29 is 18.7 Å². The average Bonchev–Trinajstić information content (AvgIpc) is 3.66. The highest BCUT2D eigenvalue weighted by molar-refractivity contribution is 6.31. The largest absolute Gasteiger partial charge is 0.390 e. The number of amides is 1. The molecular weight excluding hydrogens is 506 g/mol. The fraction of sp³-hybridized carbons (Fsp3) is 0.250. The fourth-order valence-electron chi connectivity index (χ4n) is 5.11. The molecule has 13 heteroatoms. The van der Waals surface area contributed by atoms with E-state index in [4.69, 9.17) is 16.7 Å². The second-order valence-corrected chi connectivity index (χ2v) is 9.26. The van der Waals surface area contributed by atoms with E-state index in [1.165, 1.54) is 41.5 Å². The van der Waals surface area contributed by atoms with E-state index in [-0.39, 0.29) is 46.4 Å². The molecular formula is C24H19ClF2N8O2. The number of nitrogens with zero attached hydrogens (tertiary/aromatic N) is 7. The lowest BCUT2D eigenvalue weighted by molar-refractivity contribution is -0.129. The van der Waals surface area contributed by atoms with Crippen molar-refractivity contribution in [1.29, 1.82) is 0 Å². The Morgan fingerprint density at radius 1 is 1.19 bits per heavy atom. The first kappa shape index (κ1) is 23.4. The van der Waals surface area contributed by atoms with Crippen molar-refractivity contribution in [3.63, 3.8) is 0 Å². The second kappa shape index (κ2) is 9.12. The predicted molar refractivity (Wildman–Crippen MR) is 127 cm³/mol. The molecule has 1 fully saturated rings. The van der Waals surface area contributed by atoms with Gasteiger partial charge in [0.25, 0.3) is 0 Å². The van der Waals surface area contributed by atoms with Crippen LogP contribution in [0.1, 0.15) is 42.4 Å². The number of imidazole rings is 1. The average molecular weight is 525 g/mol. The molecule has 0 unspecified atom stereocenters. The summed E-state index contributed by atoms with van der Waals surface area (Å²) in [7, 11) is 0. The summed E-state index contributed by atoms with van der Waals surface area (Å²) < 4.78 is 31.0. The van der Waals surface area contributed by atoms with Gasteiger partial charge in [0.15, 0.2) is 5.82 Å². The lowest BCUT2D eigenvalue weighted by Crippen LogP contribution is -2.39. The number of halogens is 3. The third-order valence-electron chi connectivity index (χ3n) is 6.77.